The molecule has 3 amide bonds. The third-order valence-corrected chi connectivity index (χ3v) is 8.18. The lowest BCUT2D eigenvalue weighted by molar-refractivity contribution is -0.139. The van der Waals surface area contributed by atoms with Crippen LogP contribution in [0, 0.1) is 0 Å². The molecule has 3 N–H and O–H groups in total. The number of hydrogen-bond acceptors (Lipinski definition) is 6. The van der Waals surface area contributed by atoms with Crippen molar-refractivity contribution < 1.29 is 14.4 Å². The fourth-order valence-corrected chi connectivity index (χ4v) is 6.30. The molecule has 164 valence electrons. The Morgan fingerprint density at radius 3 is 2.61 bits per heavy atom. The first-order chi connectivity index (χ1) is 15.0. The van der Waals surface area contributed by atoms with Crippen molar-refractivity contribution in [1.29, 1.82) is 0 Å². The Kier molecular flexibility index (Phi) is 6.74. The van der Waals surface area contributed by atoms with Gasteiger partial charge in [-0.1, -0.05) is 58.0 Å². The molecule has 2 aromatic carbocycles. The molecule has 2 fully saturated rings. The van der Waals surface area contributed by atoms with E-state index in [1.807, 2.05) is 54.3 Å². The van der Waals surface area contributed by atoms with Crippen LogP contribution in [0.3, 0.4) is 0 Å². The molecule has 31 heavy (non-hydrogen) atoms. The van der Waals surface area contributed by atoms with Gasteiger partial charge in [-0.2, -0.15) is 0 Å². The average Bonchev–Trinajstić information content (AvgIpc) is 2.78. The molecule has 0 radical (unpaired) electrons. The molecular weight excluding hydrogens is 432 g/mol. The number of amides is 3. The van der Waals surface area contributed by atoms with Crippen LogP contribution < -0.4 is 11.1 Å². The van der Waals surface area contributed by atoms with Crippen LogP contribution in [0.5, 0.6) is 0 Å². The quantitative estimate of drug-likeness (QED) is 0.666. The SMILES string of the molecule is CC1CN(C(=O)c2cccc3ccccc23)CCN1C(=O)[C@@H]1CSSC[C@H](N)C(=O)N1. The summed E-state index contributed by atoms with van der Waals surface area (Å²) >= 11 is 0. The van der Waals surface area contributed by atoms with Gasteiger partial charge in [-0.15, -0.1) is 0 Å². The van der Waals surface area contributed by atoms with Crippen LogP contribution in [0.2, 0.25) is 0 Å². The largest absolute Gasteiger partial charge is 0.342 e. The molecular formula is C22H26N4O3S2. The number of rotatable bonds is 2. The number of fused-ring (bicyclic) bond motifs is 1. The zero-order valence-corrected chi connectivity index (χ0v) is 19.0. The molecule has 0 spiro atoms. The maximum Gasteiger partial charge on any atom is 0.254 e. The lowest BCUT2D eigenvalue weighted by Crippen LogP contribution is -2.61. The van der Waals surface area contributed by atoms with Crippen molar-refractivity contribution in [3.05, 3.63) is 48.0 Å². The lowest BCUT2D eigenvalue weighted by atomic mass is 10.0. The third-order valence-electron chi connectivity index (χ3n) is 5.73. The third kappa shape index (κ3) is 4.68. The van der Waals surface area contributed by atoms with Crippen molar-refractivity contribution in [2.75, 3.05) is 31.1 Å². The summed E-state index contributed by atoms with van der Waals surface area (Å²) in [6.07, 6.45) is 0. The molecule has 4 rings (SSSR count). The number of piperazine rings is 1. The highest BCUT2D eigenvalue weighted by Gasteiger charge is 2.35. The molecule has 2 aliphatic heterocycles. The predicted octanol–water partition coefficient (Wildman–Crippen LogP) is 1.72. The Labute approximate surface area is 189 Å². The maximum absolute atomic E-state index is 13.2. The number of carbonyl (C=O) groups is 3. The second kappa shape index (κ2) is 9.50. The molecule has 0 bridgehead atoms. The van der Waals surface area contributed by atoms with Crippen molar-refractivity contribution in [3.63, 3.8) is 0 Å². The fourth-order valence-electron chi connectivity index (χ4n) is 4.02. The van der Waals surface area contributed by atoms with Crippen LogP contribution in [0.1, 0.15) is 17.3 Å². The van der Waals surface area contributed by atoms with E-state index in [-0.39, 0.29) is 23.8 Å². The summed E-state index contributed by atoms with van der Waals surface area (Å²) in [5.74, 6) is 0.615. The molecule has 0 aromatic heterocycles. The Hall–Kier alpha value is -2.23. The number of carbonyl (C=O) groups excluding carboxylic acids is 3. The summed E-state index contributed by atoms with van der Waals surface area (Å²) in [6, 6.07) is 12.3. The van der Waals surface area contributed by atoms with Gasteiger partial charge >= 0.3 is 0 Å². The average molecular weight is 459 g/mol. The van der Waals surface area contributed by atoms with Crippen molar-refractivity contribution in [3.8, 4) is 0 Å². The molecule has 1 unspecified atom stereocenters. The second-order valence-electron chi connectivity index (χ2n) is 7.90. The zero-order chi connectivity index (χ0) is 22.0. The van der Waals surface area contributed by atoms with Crippen LogP contribution in [0.25, 0.3) is 10.8 Å². The minimum absolute atomic E-state index is 0.0204. The van der Waals surface area contributed by atoms with Gasteiger partial charge in [0.05, 0.1) is 6.04 Å². The van der Waals surface area contributed by atoms with Gasteiger partial charge < -0.3 is 20.9 Å². The standard InChI is InChI=1S/C22H26N4O3S2/c1-14-11-25(21(28)17-8-4-6-15-5-2-3-7-16(15)17)9-10-26(14)22(29)19-13-31-30-12-18(23)20(27)24-19/h2-8,14,18-19H,9-13,23H2,1H3,(H,24,27)/t14?,18-,19-/m0/s1. The van der Waals surface area contributed by atoms with E-state index in [2.05, 4.69) is 5.32 Å². The topological polar surface area (TPSA) is 95.7 Å². The first-order valence-electron chi connectivity index (χ1n) is 10.3. The normalized spacial score (nSPS) is 25.0. The monoisotopic (exact) mass is 458 g/mol. The molecule has 9 heteroatoms. The fraction of sp³-hybridized carbons (Fsp3) is 0.409. The summed E-state index contributed by atoms with van der Waals surface area (Å²) in [4.78, 5) is 42.1. The minimum Gasteiger partial charge on any atom is -0.342 e. The molecule has 2 aliphatic rings. The summed E-state index contributed by atoms with van der Waals surface area (Å²) in [5, 5.41) is 4.76. The number of hydrogen-bond donors (Lipinski definition) is 2. The van der Waals surface area contributed by atoms with Crippen molar-refractivity contribution in [1.82, 2.24) is 15.1 Å². The van der Waals surface area contributed by atoms with E-state index in [1.165, 1.54) is 10.8 Å². The first-order valence-corrected chi connectivity index (χ1v) is 12.8. The highest BCUT2D eigenvalue weighted by Crippen LogP contribution is 2.26. The van der Waals surface area contributed by atoms with E-state index in [4.69, 9.17) is 5.73 Å². The van der Waals surface area contributed by atoms with Gasteiger partial charge in [0.15, 0.2) is 0 Å². The van der Waals surface area contributed by atoms with Gasteiger partial charge in [-0.25, -0.2) is 0 Å². The Bertz CT molecular complexity index is 996. The van der Waals surface area contributed by atoms with E-state index in [0.29, 0.717) is 36.7 Å². The van der Waals surface area contributed by atoms with Crippen LogP contribution in [-0.4, -0.2) is 76.8 Å². The summed E-state index contributed by atoms with van der Waals surface area (Å²) in [5.41, 5.74) is 6.53. The number of benzene rings is 2. The summed E-state index contributed by atoms with van der Waals surface area (Å²) in [7, 11) is 3.07. The van der Waals surface area contributed by atoms with E-state index < -0.39 is 12.1 Å². The molecule has 2 saturated heterocycles. The van der Waals surface area contributed by atoms with Crippen molar-refractivity contribution >= 4 is 50.1 Å². The van der Waals surface area contributed by atoms with E-state index >= 15 is 0 Å². The van der Waals surface area contributed by atoms with Gasteiger partial charge in [0.1, 0.15) is 6.04 Å². The number of nitrogens with zero attached hydrogens (tertiary/aromatic N) is 2. The maximum atomic E-state index is 13.2. The lowest BCUT2D eigenvalue weighted by Gasteiger charge is -2.41. The minimum atomic E-state index is -0.610. The molecule has 0 saturated carbocycles. The van der Waals surface area contributed by atoms with E-state index in [0.717, 1.165) is 10.8 Å². The van der Waals surface area contributed by atoms with Gasteiger partial charge in [0, 0.05) is 42.7 Å². The van der Waals surface area contributed by atoms with E-state index in [1.54, 1.807) is 15.7 Å². The predicted molar refractivity (Wildman–Crippen MR) is 126 cm³/mol. The Balaban J connectivity index is 1.45. The zero-order valence-electron chi connectivity index (χ0n) is 17.3. The highest BCUT2D eigenvalue weighted by atomic mass is 33.1. The molecule has 3 atom stereocenters. The number of nitrogens with two attached hydrogens (primary N) is 1. The summed E-state index contributed by atoms with van der Waals surface area (Å²) < 4.78 is 0. The first kappa shape index (κ1) is 22.0. The molecule has 2 heterocycles. The van der Waals surface area contributed by atoms with Crippen LogP contribution >= 0.6 is 21.6 Å². The van der Waals surface area contributed by atoms with Crippen molar-refractivity contribution in [2.24, 2.45) is 5.73 Å². The van der Waals surface area contributed by atoms with Crippen LogP contribution in [0.4, 0.5) is 0 Å². The molecule has 7 nitrogen and oxygen atoms in total. The molecule has 2 aromatic rings. The van der Waals surface area contributed by atoms with Crippen molar-refractivity contribution in [2.45, 2.75) is 25.0 Å². The van der Waals surface area contributed by atoms with Gasteiger partial charge in [0.2, 0.25) is 11.8 Å². The second-order valence-corrected chi connectivity index (χ2v) is 10.4. The number of nitrogens with one attached hydrogen (secondary N) is 1. The molecule has 0 aliphatic carbocycles. The Morgan fingerprint density at radius 2 is 1.81 bits per heavy atom. The van der Waals surface area contributed by atoms with Gasteiger partial charge in [-0.3, -0.25) is 14.4 Å². The van der Waals surface area contributed by atoms with Crippen LogP contribution in [-0.2, 0) is 9.59 Å². The van der Waals surface area contributed by atoms with Gasteiger partial charge in [0.25, 0.3) is 5.91 Å². The highest BCUT2D eigenvalue weighted by molar-refractivity contribution is 8.76. The van der Waals surface area contributed by atoms with E-state index in [9.17, 15) is 14.4 Å². The smallest absolute Gasteiger partial charge is 0.254 e. The summed E-state index contributed by atoms with van der Waals surface area (Å²) in [6.45, 7) is 3.29. The van der Waals surface area contributed by atoms with Crippen LogP contribution in [0.15, 0.2) is 42.5 Å². The van der Waals surface area contributed by atoms with Gasteiger partial charge in [-0.05, 0) is 23.8 Å². The Morgan fingerprint density at radius 1 is 1.06 bits per heavy atom.